The Kier molecular flexibility index (Phi) is 4.48. The highest BCUT2D eigenvalue weighted by molar-refractivity contribution is 6.31. The molecule has 1 aliphatic rings. The number of hydrogen-bond donors (Lipinski definition) is 1. The number of aromatic hydroxyl groups is 1. The molecule has 0 aliphatic carbocycles. The summed E-state index contributed by atoms with van der Waals surface area (Å²) >= 11 is 6.09. The van der Waals surface area contributed by atoms with Crippen LogP contribution in [0.15, 0.2) is 68.4 Å². The number of carbonyl (C=O) groups is 1. The van der Waals surface area contributed by atoms with E-state index >= 15 is 0 Å². The molecule has 1 amide bonds. The van der Waals surface area contributed by atoms with Gasteiger partial charge in [0.25, 0.3) is 5.91 Å². The van der Waals surface area contributed by atoms with E-state index in [1.54, 1.807) is 36.4 Å². The first-order chi connectivity index (χ1) is 15.0. The van der Waals surface area contributed by atoms with Gasteiger partial charge in [0.1, 0.15) is 11.3 Å². The first-order valence-corrected chi connectivity index (χ1v) is 9.82. The van der Waals surface area contributed by atoms with Gasteiger partial charge < -0.3 is 23.6 Å². The first-order valence-electron chi connectivity index (χ1n) is 9.44. The summed E-state index contributed by atoms with van der Waals surface area (Å²) in [6.07, 6.45) is 1.52. The maximum Gasteiger partial charge on any atom is 0.291 e. The Balaban J connectivity index is 1.76. The van der Waals surface area contributed by atoms with Crippen molar-refractivity contribution in [3.63, 3.8) is 0 Å². The smallest absolute Gasteiger partial charge is 0.291 e. The van der Waals surface area contributed by atoms with Crippen LogP contribution in [0.1, 0.15) is 33.5 Å². The molecule has 2 aromatic carbocycles. The quantitative estimate of drug-likeness (QED) is 0.505. The fourth-order valence-corrected chi connectivity index (χ4v) is 4.11. The van der Waals surface area contributed by atoms with Crippen molar-refractivity contribution in [2.45, 2.75) is 12.6 Å². The van der Waals surface area contributed by atoms with E-state index in [0.717, 1.165) is 0 Å². The molecule has 0 spiro atoms. The van der Waals surface area contributed by atoms with Gasteiger partial charge in [-0.15, -0.1) is 0 Å². The molecule has 1 unspecified atom stereocenters. The third-order valence-corrected chi connectivity index (χ3v) is 5.59. The van der Waals surface area contributed by atoms with Crippen LogP contribution in [0.4, 0.5) is 0 Å². The minimum absolute atomic E-state index is 0.0246. The van der Waals surface area contributed by atoms with Crippen LogP contribution in [0.25, 0.3) is 11.0 Å². The summed E-state index contributed by atoms with van der Waals surface area (Å²) in [5.74, 6) is 0.271. The second-order valence-electron chi connectivity index (χ2n) is 7.16. The molecule has 0 saturated carbocycles. The number of hydrogen-bond acceptors (Lipinski definition) is 6. The van der Waals surface area contributed by atoms with Gasteiger partial charge in [-0.05, 0) is 48.0 Å². The summed E-state index contributed by atoms with van der Waals surface area (Å²) in [6.45, 7) is 0.125. The number of halogens is 1. The van der Waals surface area contributed by atoms with Crippen molar-refractivity contribution < 1.29 is 23.5 Å². The SMILES string of the molecule is COc1cc(C2c3c(oc4ccc(Cl)cc4c3=O)C(=O)N2Cc2ccco2)ccc1O. The van der Waals surface area contributed by atoms with E-state index in [0.29, 0.717) is 16.3 Å². The van der Waals surface area contributed by atoms with E-state index in [4.69, 9.17) is 25.2 Å². The summed E-state index contributed by atoms with van der Waals surface area (Å²) in [4.78, 5) is 28.3. The third kappa shape index (κ3) is 3.05. The van der Waals surface area contributed by atoms with Crippen molar-refractivity contribution in [2.24, 2.45) is 0 Å². The number of carbonyl (C=O) groups excluding carboxylic acids is 1. The predicted octanol–water partition coefficient (Wildman–Crippen LogP) is 4.50. The Morgan fingerprint density at radius 2 is 2.00 bits per heavy atom. The van der Waals surface area contributed by atoms with E-state index in [1.807, 2.05) is 0 Å². The van der Waals surface area contributed by atoms with Gasteiger partial charge in [-0.25, -0.2) is 0 Å². The maximum atomic E-state index is 13.5. The van der Waals surface area contributed by atoms with Gasteiger partial charge in [0.2, 0.25) is 5.76 Å². The maximum absolute atomic E-state index is 13.5. The van der Waals surface area contributed by atoms with Crippen molar-refractivity contribution in [2.75, 3.05) is 7.11 Å². The normalized spacial score (nSPS) is 15.5. The lowest BCUT2D eigenvalue weighted by Gasteiger charge is -2.24. The minimum atomic E-state index is -0.762. The Morgan fingerprint density at radius 1 is 1.16 bits per heavy atom. The highest BCUT2D eigenvalue weighted by atomic mass is 35.5. The van der Waals surface area contributed by atoms with E-state index in [-0.39, 0.29) is 45.8 Å². The summed E-state index contributed by atoms with van der Waals surface area (Å²) in [5, 5.41) is 10.7. The second kappa shape index (κ2) is 7.21. The van der Waals surface area contributed by atoms with Gasteiger partial charge >= 0.3 is 0 Å². The van der Waals surface area contributed by atoms with E-state index in [9.17, 15) is 14.7 Å². The minimum Gasteiger partial charge on any atom is -0.504 e. The lowest BCUT2D eigenvalue weighted by Crippen LogP contribution is -2.29. The molecule has 31 heavy (non-hydrogen) atoms. The molecule has 0 saturated heterocycles. The molecular formula is C23H16ClNO6. The molecule has 156 valence electrons. The lowest BCUT2D eigenvalue weighted by atomic mass is 9.98. The lowest BCUT2D eigenvalue weighted by molar-refractivity contribution is 0.0701. The number of benzene rings is 2. The zero-order valence-electron chi connectivity index (χ0n) is 16.3. The number of phenols is 1. The van der Waals surface area contributed by atoms with Crippen molar-refractivity contribution in [3.8, 4) is 11.5 Å². The van der Waals surface area contributed by atoms with Crippen LogP contribution < -0.4 is 10.2 Å². The van der Waals surface area contributed by atoms with Crippen molar-refractivity contribution in [1.29, 1.82) is 0 Å². The molecular weight excluding hydrogens is 422 g/mol. The van der Waals surface area contributed by atoms with Gasteiger partial charge in [-0.1, -0.05) is 17.7 Å². The zero-order chi connectivity index (χ0) is 21.7. The highest BCUT2D eigenvalue weighted by Crippen LogP contribution is 2.41. The molecule has 5 rings (SSSR count). The van der Waals surface area contributed by atoms with Crippen molar-refractivity contribution >= 4 is 28.5 Å². The molecule has 2 aromatic heterocycles. The van der Waals surface area contributed by atoms with Crippen LogP contribution in [0.2, 0.25) is 5.02 Å². The summed E-state index contributed by atoms with van der Waals surface area (Å²) in [6, 6.07) is 12.1. The van der Waals surface area contributed by atoms with Crippen LogP contribution in [0.5, 0.6) is 11.5 Å². The molecule has 1 atom stereocenters. The van der Waals surface area contributed by atoms with Crippen LogP contribution in [0, 0.1) is 0 Å². The third-order valence-electron chi connectivity index (χ3n) is 5.35. The number of fused-ring (bicyclic) bond motifs is 2. The number of nitrogens with zero attached hydrogens (tertiary/aromatic N) is 1. The molecule has 3 heterocycles. The molecule has 0 bridgehead atoms. The molecule has 0 radical (unpaired) electrons. The summed E-state index contributed by atoms with van der Waals surface area (Å²) < 4.78 is 16.5. The van der Waals surface area contributed by atoms with Gasteiger partial charge in [0, 0.05) is 5.02 Å². The largest absolute Gasteiger partial charge is 0.504 e. The van der Waals surface area contributed by atoms with Crippen LogP contribution in [-0.2, 0) is 6.54 Å². The topological polar surface area (TPSA) is 93.1 Å². The Labute approximate surface area is 181 Å². The number of rotatable bonds is 4. The van der Waals surface area contributed by atoms with E-state index in [2.05, 4.69) is 0 Å². The zero-order valence-corrected chi connectivity index (χ0v) is 17.1. The molecule has 4 aromatic rings. The number of amides is 1. The number of phenolic OH excluding ortho intramolecular Hbond substituents is 1. The average Bonchev–Trinajstić information content (AvgIpc) is 3.37. The van der Waals surface area contributed by atoms with Crippen LogP contribution in [-0.4, -0.2) is 23.0 Å². The van der Waals surface area contributed by atoms with Gasteiger partial charge in [-0.2, -0.15) is 0 Å². The molecule has 1 N–H and O–H groups in total. The van der Waals surface area contributed by atoms with Crippen LogP contribution in [0.3, 0.4) is 0 Å². The Morgan fingerprint density at radius 3 is 2.74 bits per heavy atom. The monoisotopic (exact) mass is 437 g/mol. The Hall–Kier alpha value is -3.71. The summed E-state index contributed by atoms with van der Waals surface area (Å²) in [5.41, 5.74) is 0.732. The van der Waals surface area contributed by atoms with Crippen molar-refractivity contribution in [1.82, 2.24) is 4.90 Å². The first kappa shape index (κ1) is 19.3. The predicted molar refractivity (Wildman–Crippen MR) is 113 cm³/mol. The fourth-order valence-electron chi connectivity index (χ4n) is 3.94. The van der Waals surface area contributed by atoms with Crippen LogP contribution >= 0.6 is 11.6 Å². The fraction of sp³-hybridized carbons (Fsp3) is 0.130. The summed E-state index contributed by atoms with van der Waals surface area (Å²) in [7, 11) is 1.43. The number of methoxy groups -OCH3 is 1. The van der Waals surface area contributed by atoms with Gasteiger partial charge in [0.15, 0.2) is 16.9 Å². The standard InChI is InChI=1S/C23H16ClNO6/c1-29-18-9-12(4-6-16(18)26)20-19-21(27)15-10-13(24)5-7-17(15)31-22(19)23(28)25(20)11-14-3-2-8-30-14/h2-10,20,26H,11H2,1H3. The highest BCUT2D eigenvalue weighted by Gasteiger charge is 2.43. The molecule has 8 heteroatoms. The van der Waals surface area contributed by atoms with Gasteiger partial charge in [-0.3, -0.25) is 9.59 Å². The molecule has 0 fully saturated rings. The van der Waals surface area contributed by atoms with E-state index in [1.165, 1.54) is 30.4 Å². The Bertz CT molecular complexity index is 1380. The number of ether oxygens (including phenoxy) is 1. The molecule has 7 nitrogen and oxygen atoms in total. The second-order valence-corrected chi connectivity index (χ2v) is 7.60. The van der Waals surface area contributed by atoms with Gasteiger partial charge in [0.05, 0.1) is 36.9 Å². The average molecular weight is 438 g/mol. The molecule has 1 aliphatic heterocycles. The van der Waals surface area contributed by atoms with E-state index < -0.39 is 11.9 Å². The number of furan rings is 1. The van der Waals surface area contributed by atoms with Crippen molar-refractivity contribution in [3.05, 3.63) is 92.7 Å².